The summed E-state index contributed by atoms with van der Waals surface area (Å²) in [5.74, 6) is -0.470. The summed E-state index contributed by atoms with van der Waals surface area (Å²) in [6.07, 6.45) is 0.748. The minimum Gasteiger partial charge on any atom is -0.497 e. The van der Waals surface area contributed by atoms with Crippen LogP contribution >= 0.6 is 11.6 Å². The van der Waals surface area contributed by atoms with Crippen molar-refractivity contribution in [3.8, 4) is 5.75 Å². The lowest BCUT2D eigenvalue weighted by atomic mass is 10.1. The molecule has 0 fully saturated rings. The lowest BCUT2D eigenvalue weighted by Crippen LogP contribution is -2.38. The first-order chi connectivity index (χ1) is 17.1. The van der Waals surface area contributed by atoms with Gasteiger partial charge in [-0.3, -0.25) is 13.9 Å². The Morgan fingerprint density at radius 1 is 1.03 bits per heavy atom. The molecule has 2 amide bonds. The molecule has 3 aromatic carbocycles. The van der Waals surface area contributed by atoms with Gasteiger partial charge in [0, 0.05) is 11.1 Å². The summed E-state index contributed by atoms with van der Waals surface area (Å²) >= 11 is 6.12. The van der Waals surface area contributed by atoms with Gasteiger partial charge in [-0.15, -0.1) is 0 Å². The number of hydrogen-bond donors (Lipinski definition) is 2. The molecule has 0 aliphatic rings. The highest BCUT2D eigenvalue weighted by Gasteiger charge is 2.28. The first kappa shape index (κ1) is 27.0. The standard InChI is InChI=1S/C26H28ClN3O5S/c1-4-18(2)28-26(32)23-10-5-6-11-24(23)29-25(31)17-30(20-9-7-8-19(27)16-20)36(33,34)22-14-12-21(35-3)13-15-22/h5-16,18H,4,17H2,1-3H3,(H,28,32)(H,29,31)/t18-/m0/s1. The zero-order chi connectivity index (χ0) is 26.3. The average Bonchev–Trinajstić information content (AvgIpc) is 2.87. The van der Waals surface area contributed by atoms with Crippen LogP contribution in [-0.4, -0.2) is 39.9 Å². The van der Waals surface area contributed by atoms with Crippen LogP contribution in [0.5, 0.6) is 5.75 Å². The largest absolute Gasteiger partial charge is 0.497 e. The topological polar surface area (TPSA) is 105 Å². The first-order valence-electron chi connectivity index (χ1n) is 11.3. The molecule has 2 N–H and O–H groups in total. The van der Waals surface area contributed by atoms with E-state index in [1.54, 1.807) is 42.5 Å². The highest BCUT2D eigenvalue weighted by Crippen LogP contribution is 2.27. The summed E-state index contributed by atoms with van der Waals surface area (Å²) in [5, 5.41) is 5.86. The van der Waals surface area contributed by atoms with Crippen molar-refractivity contribution < 1.29 is 22.7 Å². The summed E-state index contributed by atoms with van der Waals surface area (Å²) in [6, 6.07) is 18.6. The molecule has 36 heavy (non-hydrogen) atoms. The van der Waals surface area contributed by atoms with Gasteiger partial charge in [0.2, 0.25) is 5.91 Å². The molecule has 0 radical (unpaired) electrons. The lowest BCUT2D eigenvalue weighted by molar-refractivity contribution is -0.114. The lowest BCUT2D eigenvalue weighted by Gasteiger charge is -2.24. The Morgan fingerprint density at radius 3 is 2.36 bits per heavy atom. The highest BCUT2D eigenvalue weighted by atomic mass is 35.5. The van der Waals surface area contributed by atoms with Gasteiger partial charge in [-0.2, -0.15) is 0 Å². The fourth-order valence-electron chi connectivity index (χ4n) is 3.34. The first-order valence-corrected chi connectivity index (χ1v) is 13.1. The van der Waals surface area contributed by atoms with Gasteiger partial charge in [0.1, 0.15) is 12.3 Å². The molecule has 0 spiro atoms. The molecule has 0 saturated carbocycles. The number of benzene rings is 3. The fraction of sp³-hybridized carbons (Fsp3) is 0.231. The fourth-order valence-corrected chi connectivity index (χ4v) is 4.93. The quantitative estimate of drug-likeness (QED) is 0.396. The number of ether oxygens (including phenoxy) is 1. The van der Waals surface area contributed by atoms with E-state index < -0.39 is 22.5 Å². The third-order valence-electron chi connectivity index (χ3n) is 5.47. The maximum absolute atomic E-state index is 13.6. The van der Waals surface area contributed by atoms with Gasteiger partial charge < -0.3 is 15.4 Å². The Bertz CT molecular complexity index is 1330. The molecule has 0 bridgehead atoms. The number of sulfonamides is 1. The van der Waals surface area contributed by atoms with E-state index in [9.17, 15) is 18.0 Å². The number of hydrogen-bond acceptors (Lipinski definition) is 5. The molecule has 0 aliphatic carbocycles. The number of halogens is 1. The minimum absolute atomic E-state index is 0.0237. The van der Waals surface area contributed by atoms with Crippen LogP contribution in [0.3, 0.4) is 0 Å². The van der Waals surface area contributed by atoms with E-state index in [0.29, 0.717) is 10.8 Å². The molecule has 1 atom stereocenters. The average molecular weight is 530 g/mol. The minimum atomic E-state index is -4.15. The molecule has 190 valence electrons. The number of amides is 2. The number of para-hydroxylation sites is 1. The van der Waals surface area contributed by atoms with E-state index in [-0.39, 0.29) is 33.8 Å². The van der Waals surface area contributed by atoms with Crippen molar-refractivity contribution in [2.75, 3.05) is 23.3 Å². The summed E-state index contributed by atoms with van der Waals surface area (Å²) in [4.78, 5) is 25.8. The van der Waals surface area contributed by atoms with Crippen molar-refractivity contribution in [3.05, 3.63) is 83.4 Å². The van der Waals surface area contributed by atoms with Gasteiger partial charge in [0.05, 0.1) is 28.9 Å². The van der Waals surface area contributed by atoms with Gasteiger partial charge in [0.15, 0.2) is 0 Å². The molecular formula is C26H28ClN3O5S. The van der Waals surface area contributed by atoms with Crippen LogP contribution in [0.1, 0.15) is 30.6 Å². The van der Waals surface area contributed by atoms with Crippen molar-refractivity contribution in [1.82, 2.24) is 5.32 Å². The number of rotatable bonds is 10. The van der Waals surface area contributed by atoms with Crippen molar-refractivity contribution in [2.45, 2.75) is 31.2 Å². The van der Waals surface area contributed by atoms with E-state index in [1.807, 2.05) is 13.8 Å². The summed E-state index contributed by atoms with van der Waals surface area (Å²) in [6.45, 7) is 3.29. The number of carbonyl (C=O) groups excluding carboxylic acids is 2. The maximum Gasteiger partial charge on any atom is 0.264 e. The Hall–Kier alpha value is -3.56. The molecular weight excluding hydrogens is 502 g/mol. The zero-order valence-corrected chi connectivity index (χ0v) is 21.8. The Balaban J connectivity index is 1.92. The van der Waals surface area contributed by atoms with Crippen LogP contribution < -0.4 is 19.7 Å². The van der Waals surface area contributed by atoms with Gasteiger partial charge in [-0.1, -0.05) is 36.7 Å². The number of nitrogens with one attached hydrogen (secondary N) is 2. The molecule has 10 heteroatoms. The van der Waals surface area contributed by atoms with E-state index in [2.05, 4.69) is 10.6 Å². The molecule has 0 heterocycles. The molecule has 0 saturated heterocycles. The van der Waals surface area contributed by atoms with Crippen LogP contribution in [-0.2, 0) is 14.8 Å². The second kappa shape index (κ2) is 11.9. The second-order valence-corrected chi connectivity index (χ2v) is 10.3. The van der Waals surface area contributed by atoms with Crippen molar-refractivity contribution in [1.29, 1.82) is 0 Å². The SMILES string of the molecule is CC[C@H](C)NC(=O)c1ccccc1NC(=O)CN(c1cccc(Cl)c1)S(=O)(=O)c1ccc(OC)cc1. The molecule has 0 unspecified atom stereocenters. The predicted molar refractivity (Wildman–Crippen MR) is 141 cm³/mol. The Morgan fingerprint density at radius 2 is 1.72 bits per heavy atom. The van der Waals surface area contributed by atoms with Gasteiger partial charge >= 0.3 is 0 Å². The van der Waals surface area contributed by atoms with Crippen molar-refractivity contribution in [3.63, 3.8) is 0 Å². The van der Waals surface area contributed by atoms with E-state index in [1.165, 1.54) is 37.4 Å². The predicted octanol–water partition coefficient (Wildman–Crippen LogP) is 4.71. The van der Waals surface area contributed by atoms with E-state index in [0.717, 1.165) is 10.7 Å². The van der Waals surface area contributed by atoms with Gasteiger partial charge in [0.25, 0.3) is 15.9 Å². The highest BCUT2D eigenvalue weighted by molar-refractivity contribution is 7.92. The van der Waals surface area contributed by atoms with Crippen LogP contribution in [0.4, 0.5) is 11.4 Å². The molecule has 0 aromatic heterocycles. The number of carbonyl (C=O) groups is 2. The summed E-state index contributed by atoms with van der Waals surface area (Å²) in [7, 11) is -2.67. The number of nitrogens with zero attached hydrogens (tertiary/aromatic N) is 1. The van der Waals surface area contributed by atoms with E-state index >= 15 is 0 Å². The Labute approximate surface area is 216 Å². The van der Waals surface area contributed by atoms with Crippen LogP contribution in [0.15, 0.2) is 77.7 Å². The summed E-state index contributed by atoms with van der Waals surface area (Å²) in [5.41, 5.74) is 0.769. The number of methoxy groups -OCH3 is 1. The molecule has 3 aromatic rings. The molecule has 0 aliphatic heterocycles. The van der Waals surface area contributed by atoms with Gasteiger partial charge in [-0.05, 0) is 67.9 Å². The van der Waals surface area contributed by atoms with E-state index in [4.69, 9.17) is 16.3 Å². The third-order valence-corrected chi connectivity index (χ3v) is 7.49. The normalized spacial score (nSPS) is 11.9. The molecule has 8 nitrogen and oxygen atoms in total. The maximum atomic E-state index is 13.6. The smallest absolute Gasteiger partial charge is 0.264 e. The zero-order valence-electron chi connectivity index (χ0n) is 20.2. The van der Waals surface area contributed by atoms with Crippen LogP contribution in [0.25, 0.3) is 0 Å². The van der Waals surface area contributed by atoms with Crippen molar-refractivity contribution in [2.24, 2.45) is 0 Å². The number of anilines is 2. The van der Waals surface area contributed by atoms with Gasteiger partial charge in [-0.25, -0.2) is 8.42 Å². The second-order valence-electron chi connectivity index (χ2n) is 8.04. The molecule has 3 rings (SSSR count). The van der Waals surface area contributed by atoms with Crippen molar-refractivity contribution >= 4 is 44.8 Å². The van der Waals surface area contributed by atoms with Crippen LogP contribution in [0.2, 0.25) is 5.02 Å². The summed E-state index contributed by atoms with van der Waals surface area (Å²) < 4.78 is 33.2. The van der Waals surface area contributed by atoms with Crippen LogP contribution in [0, 0.1) is 0 Å². The third kappa shape index (κ3) is 6.56. The monoisotopic (exact) mass is 529 g/mol. The Kier molecular flexibility index (Phi) is 8.95.